The van der Waals surface area contributed by atoms with E-state index in [2.05, 4.69) is 4.90 Å². The lowest BCUT2D eigenvalue weighted by Crippen LogP contribution is -2.69. The summed E-state index contributed by atoms with van der Waals surface area (Å²) in [4.78, 5) is 30.4. The van der Waals surface area contributed by atoms with Gasteiger partial charge in [0.05, 0.1) is 24.9 Å². The number of carbonyl (C=O) groups excluding carboxylic acids is 2. The first-order valence-electron chi connectivity index (χ1n) is 13.4. The molecule has 2 heterocycles. The minimum absolute atomic E-state index is 0.144. The van der Waals surface area contributed by atoms with Crippen molar-refractivity contribution in [1.82, 2.24) is 14.1 Å². The Bertz CT molecular complexity index is 861. The molecule has 0 N–H and O–H groups in total. The van der Waals surface area contributed by atoms with Crippen LogP contribution in [0.15, 0.2) is 0 Å². The van der Waals surface area contributed by atoms with Crippen molar-refractivity contribution < 1.29 is 32.2 Å². The summed E-state index contributed by atoms with van der Waals surface area (Å²) in [5, 5.41) is 0. The van der Waals surface area contributed by atoms with E-state index in [1.807, 2.05) is 32.6 Å². The zero-order valence-electron chi connectivity index (χ0n) is 22.7. The Morgan fingerprint density at radius 3 is 2.00 bits per heavy atom. The van der Waals surface area contributed by atoms with Gasteiger partial charge in [-0.2, -0.15) is 0 Å². The van der Waals surface area contributed by atoms with Crippen LogP contribution in [0.25, 0.3) is 0 Å². The number of ether oxygens (including phenoxy) is 3. The van der Waals surface area contributed by atoms with Crippen molar-refractivity contribution in [2.75, 3.05) is 52.1 Å². The van der Waals surface area contributed by atoms with E-state index in [0.717, 1.165) is 12.8 Å². The molecular formula is C25H45N3O7S. The van der Waals surface area contributed by atoms with Crippen LogP contribution in [-0.2, 0) is 33.8 Å². The largest absolute Gasteiger partial charge is 0.466 e. The lowest BCUT2D eigenvalue weighted by molar-refractivity contribution is -0.277. The fourth-order valence-corrected chi connectivity index (χ4v) is 6.33. The highest BCUT2D eigenvalue weighted by Crippen LogP contribution is 2.37. The third-order valence-electron chi connectivity index (χ3n) is 7.18. The average molecular weight is 532 g/mol. The van der Waals surface area contributed by atoms with Crippen molar-refractivity contribution in [2.45, 2.75) is 90.2 Å². The van der Waals surface area contributed by atoms with Gasteiger partial charge in [-0.3, -0.25) is 14.6 Å². The standard InChI is InChI=1S/C25H45N3O7S/c1-6-33-22(29)20-10-12-21(13-11-20)34-25(26-14-7-8-15-26,23(30)35-24(2,3)4)27-16-9-17-28(19-18-27)36(5,31)32/h20-21H,6-19H2,1-5H3. The summed E-state index contributed by atoms with van der Waals surface area (Å²) in [6.07, 6.45) is 6.08. The Morgan fingerprint density at radius 1 is 0.861 bits per heavy atom. The van der Waals surface area contributed by atoms with Gasteiger partial charge in [-0.1, -0.05) is 0 Å². The summed E-state index contributed by atoms with van der Waals surface area (Å²) in [5.41, 5.74) is -0.711. The normalized spacial score (nSPS) is 27.2. The van der Waals surface area contributed by atoms with Gasteiger partial charge in [-0.15, -0.1) is 0 Å². The molecule has 0 bridgehead atoms. The predicted octanol–water partition coefficient (Wildman–Crippen LogP) is 2.18. The lowest BCUT2D eigenvalue weighted by Gasteiger charge is -2.49. The van der Waals surface area contributed by atoms with Crippen molar-refractivity contribution in [3.8, 4) is 0 Å². The molecule has 0 aromatic heterocycles. The fourth-order valence-electron chi connectivity index (χ4n) is 5.46. The van der Waals surface area contributed by atoms with Gasteiger partial charge in [0.15, 0.2) is 0 Å². The van der Waals surface area contributed by atoms with E-state index in [1.165, 1.54) is 10.6 Å². The third kappa shape index (κ3) is 7.18. The van der Waals surface area contributed by atoms with Crippen LogP contribution in [0.2, 0.25) is 0 Å². The first-order valence-corrected chi connectivity index (χ1v) is 15.2. The van der Waals surface area contributed by atoms with E-state index >= 15 is 0 Å². The Morgan fingerprint density at radius 2 is 1.44 bits per heavy atom. The molecule has 2 saturated heterocycles. The van der Waals surface area contributed by atoms with Crippen molar-refractivity contribution in [3.63, 3.8) is 0 Å². The molecular weight excluding hydrogens is 486 g/mol. The zero-order valence-corrected chi connectivity index (χ0v) is 23.5. The topological polar surface area (TPSA) is 106 Å². The van der Waals surface area contributed by atoms with Crippen molar-refractivity contribution in [1.29, 1.82) is 0 Å². The predicted molar refractivity (Wildman–Crippen MR) is 135 cm³/mol. The molecule has 0 radical (unpaired) electrons. The molecule has 1 atom stereocenters. The van der Waals surface area contributed by atoms with Gasteiger partial charge in [-0.05, 0) is 72.6 Å². The third-order valence-corrected chi connectivity index (χ3v) is 8.48. The average Bonchev–Trinajstić information content (AvgIpc) is 3.20. The van der Waals surface area contributed by atoms with Crippen LogP contribution in [0.1, 0.15) is 72.6 Å². The second kappa shape index (κ2) is 12.1. The minimum Gasteiger partial charge on any atom is -0.466 e. The van der Waals surface area contributed by atoms with E-state index in [-0.39, 0.29) is 24.5 Å². The monoisotopic (exact) mass is 531 g/mol. The van der Waals surface area contributed by atoms with E-state index in [9.17, 15) is 18.0 Å². The van der Waals surface area contributed by atoms with E-state index in [4.69, 9.17) is 14.2 Å². The van der Waals surface area contributed by atoms with Crippen molar-refractivity contribution in [2.24, 2.45) is 5.92 Å². The van der Waals surface area contributed by atoms with Gasteiger partial charge in [0, 0.05) is 39.3 Å². The molecule has 0 amide bonds. The number of likely N-dealkylation sites (tertiary alicyclic amines) is 1. The molecule has 3 rings (SSSR count). The molecule has 1 aliphatic carbocycles. The number of carbonyl (C=O) groups is 2. The summed E-state index contributed by atoms with van der Waals surface area (Å²) >= 11 is 0. The van der Waals surface area contributed by atoms with Crippen molar-refractivity contribution in [3.05, 3.63) is 0 Å². The van der Waals surface area contributed by atoms with Crippen LogP contribution < -0.4 is 0 Å². The number of hydrogen-bond acceptors (Lipinski definition) is 9. The second-order valence-electron chi connectivity index (χ2n) is 11.2. The first-order chi connectivity index (χ1) is 16.9. The number of hydrogen-bond donors (Lipinski definition) is 0. The van der Waals surface area contributed by atoms with E-state index < -0.39 is 27.4 Å². The number of esters is 2. The molecule has 0 aromatic carbocycles. The van der Waals surface area contributed by atoms with Crippen LogP contribution in [0.5, 0.6) is 0 Å². The van der Waals surface area contributed by atoms with Gasteiger partial charge in [0.2, 0.25) is 10.0 Å². The maximum atomic E-state index is 14.1. The quantitative estimate of drug-likeness (QED) is 0.436. The lowest BCUT2D eigenvalue weighted by atomic mass is 9.87. The van der Waals surface area contributed by atoms with Gasteiger partial charge in [-0.25, -0.2) is 17.5 Å². The molecule has 0 spiro atoms. The number of nitrogens with zero attached hydrogens (tertiary/aromatic N) is 3. The maximum Gasteiger partial charge on any atom is 0.371 e. The highest BCUT2D eigenvalue weighted by atomic mass is 32.2. The zero-order chi connectivity index (χ0) is 26.6. The Balaban J connectivity index is 1.90. The van der Waals surface area contributed by atoms with Crippen LogP contribution in [0, 0.1) is 5.92 Å². The van der Waals surface area contributed by atoms with Gasteiger partial charge < -0.3 is 14.2 Å². The summed E-state index contributed by atoms with van der Waals surface area (Å²) in [7, 11) is -3.34. The summed E-state index contributed by atoms with van der Waals surface area (Å²) < 4.78 is 44.0. The molecule has 11 heteroatoms. The molecule has 0 aromatic rings. The smallest absolute Gasteiger partial charge is 0.371 e. The highest BCUT2D eigenvalue weighted by molar-refractivity contribution is 7.88. The molecule has 2 aliphatic heterocycles. The summed E-state index contributed by atoms with van der Waals surface area (Å²) in [5.74, 6) is -2.19. The second-order valence-corrected chi connectivity index (χ2v) is 13.1. The summed E-state index contributed by atoms with van der Waals surface area (Å²) in [6, 6.07) is 0. The van der Waals surface area contributed by atoms with Gasteiger partial charge in [0.25, 0.3) is 5.85 Å². The van der Waals surface area contributed by atoms with Crippen molar-refractivity contribution >= 4 is 22.0 Å². The maximum absolute atomic E-state index is 14.1. The van der Waals surface area contributed by atoms with Crippen LogP contribution in [0.4, 0.5) is 0 Å². The van der Waals surface area contributed by atoms with Gasteiger partial charge >= 0.3 is 11.9 Å². The Labute approximate surface area is 216 Å². The van der Waals surface area contributed by atoms with Crippen LogP contribution in [-0.4, -0.2) is 104 Å². The molecule has 10 nitrogen and oxygen atoms in total. The minimum atomic E-state index is -3.34. The van der Waals surface area contributed by atoms with Gasteiger partial charge in [0.1, 0.15) is 5.60 Å². The number of sulfonamides is 1. The first kappa shape index (κ1) is 29.3. The molecule has 1 unspecified atom stereocenters. The molecule has 208 valence electrons. The molecule has 36 heavy (non-hydrogen) atoms. The molecule has 3 fully saturated rings. The summed E-state index contributed by atoms with van der Waals surface area (Å²) in [6.45, 7) is 10.7. The Kier molecular flexibility index (Phi) is 9.81. The fraction of sp³-hybridized carbons (Fsp3) is 0.920. The van der Waals surface area contributed by atoms with Crippen LogP contribution in [0.3, 0.4) is 0 Å². The van der Waals surface area contributed by atoms with Crippen LogP contribution >= 0.6 is 0 Å². The SMILES string of the molecule is CCOC(=O)C1CCC(OC(C(=O)OC(C)(C)C)(N2CCCC2)N2CCCN(S(C)(=O)=O)CC2)CC1. The van der Waals surface area contributed by atoms with E-state index in [0.29, 0.717) is 71.4 Å². The molecule has 1 saturated carbocycles. The highest BCUT2D eigenvalue weighted by Gasteiger charge is 2.55. The van der Waals surface area contributed by atoms with E-state index in [1.54, 1.807) is 0 Å². The number of rotatable bonds is 8. The Hall–Kier alpha value is -1.27. The molecule has 3 aliphatic rings.